The number of carbonyl (C=O) groups is 2. The van der Waals surface area contributed by atoms with Gasteiger partial charge in [0.15, 0.2) is 17.4 Å². The van der Waals surface area contributed by atoms with Gasteiger partial charge in [-0.25, -0.2) is 13.6 Å². The molecule has 1 aromatic rings. The van der Waals surface area contributed by atoms with E-state index in [1.165, 1.54) is 6.08 Å². The summed E-state index contributed by atoms with van der Waals surface area (Å²) >= 11 is 5.83. The summed E-state index contributed by atoms with van der Waals surface area (Å²) in [6.07, 6.45) is 3.00. The van der Waals surface area contributed by atoms with Crippen LogP contribution in [0.25, 0.3) is 0 Å². The normalized spacial score (nSPS) is 21.4. The third-order valence-corrected chi connectivity index (χ3v) is 4.10. The number of hydrogen-bond donors (Lipinski definition) is 1. The minimum absolute atomic E-state index is 0.124. The average molecular weight is 299 g/mol. The highest BCUT2D eigenvalue weighted by molar-refractivity contribution is 6.33. The van der Waals surface area contributed by atoms with Crippen LogP contribution in [0.1, 0.15) is 34.7 Å². The predicted octanol–water partition coefficient (Wildman–Crippen LogP) is 3.32. The Hall–Kier alpha value is -1.75. The third-order valence-electron chi connectivity index (χ3n) is 3.73. The molecule has 104 valence electrons. The Morgan fingerprint density at radius 2 is 2.00 bits per heavy atom. The van der Waals surface area contributed by atoms with E-state index in [-0.39, 0.29) is 17.0 Å². The van der Waals surface area contributed by atoms with E-state index < -0.39 is 39.9 Å². The van der Waals surface area contributed by atoms with Crippen molar-refractivity contribution < 1.29 is 23.5 Å². The third kappa shape index (κ3) is 1.85. The first kappa shape index (κ1) is 13.2. The molecule has 0 radical (unpaired) electrons. The molecule has 0 spiro atoms. The zero-order valence-electron chi connectivity index (χ0n) is 10.1. The Bertz CT molecular complexity index is 677. The molecule has 3 rings (SSSR count). The highest BCUT2D eigenvalue weighted by Crippen LogP contribution is 2.49. The van der Waals surface area contributed by atoms with E-state index >= 15 is 0 Å². The first-order valence-corrected chi connectivity index (χ1v) is 6.46. The molecular formula is C14H9ClF2O3. The number of hydrogen-bond acceptors (Lipinski definition) is 2. The second-order valence-electron chi connectivity index (χ2n) is 5.03. The Labute approximate surface area is 117 Å². The van der Waals surface area contributed by atoms with Gasteiger partial charge in [0.2, 0.25) is 0 Å². The van der Waals surface area contributed by atoms with Crippen LogP contribution in [0.4, 0.5) is 8.78 Å². The zero-order valence-corrected chi connectivity index (χ0v) is 10.9. The number of aliphatic carboxylic acids is 1. The smallest absolute Gasteiger partial charge is 0.339 e. The predicted molar refractivity (Wildman–Crippen MR) is 66.9 cm³/mol. The minimum Gasteiger partial charge on any atom is -0.478 e. The SMILES string of the molecule is O=C(O)C1=C[C@@H](C2CC2)c2c(cc(F)c(F)c2Cl)C1=O. The minimum atomic E-state index is -1.37. The molecule has 0 unspecified atom stereocenters. The van der Waals surface area contributed by atoms with E-state index in [1.807, 2.05) is 0 Å². The lowest BCUT2D eigenvalue weighted by Gasteiger charge is -2.24. The molecule has 0 amide bonds. The number of halogens is 3. The maximum atomic E-state index is 13.6. The highest BCUT2D eigenvalue weighted by atomic mass is 35.5. The molecule has 0 aliphatic heterocycles. The highest BCUT2D eigenvalue weighted by Gasteiger charge is 2.41. The summed E-state index contributed by atoms with van der Waals surface area (Å²) in [5.41, 5.74) is -0.342. The number of benzene rings is 1. The summed E-state index contributed by atoms with van der Waals surface area (Å²) in [7, 11) is 0. The first-order chi connectivity index (χ1) is 9.41. The van der Waals surface area contributed by atoms with Crippen LogP contribution in [0.15, 0.2) is 17.7 Å². The van der Waals surface area contributed by atoms with Crippen LogP contribution in [-0.4, -0.2) is 16.9 Å². The fraction of sp³-hybridized carbons (Fsp3) is 0.286. The van der Waals surface area contributed by atoms with Gasteiger partial charge in [0.05, 0.1) is 5.02 Å². The summed E-state index contributed by atoms with van der Waals surface area (Å²) < 4.78 is 27.0. The Morgan fingerprint density at radius 1 is 1.35 bits per heavy atom. The topological polar surface area (TPSA) is 54.4 Å². The molecular weight excluding hydrogens is 290 g/mol. The Morgan fingerprint density at radius 3 is 2.55 bits per heavy atom. The van der Waals surface area contributed by atoms with E-state index in [2.05, 4.69) is 0 Å². The molecule has 1 aromatic carbocycles. The van der Waals surface area contributed by atoms with Crippen molar-refractivity contribution in [3.05, 3.63) is 45.5 Å². The number of rotatable bonds is 2. The van der Waals surface area contributed by atoms with Crippen LogP contribution in [0, 0.1) is 17.6 Å². The van der Waals surface area contributed by atoms with Crippen molar-refractivity contribution in [2.75, 3.05) is 0 Å². The Balaban J connectivity index is 2.26. The monoisotopic (exact) mass is 298 g/mol. The van der Waals surface area contributed by atoms with Crippen molar-refractivity contribution in [3.8, 4) is 0 Å². The summed E-state index contributed by atoms with van der Waals surface area (Å²) in [6, 6.07) is 0.740. The zero-order chi connectivity index (χ0) is 14.6. The van der Waals surface area contributed by atoms with Gasteiger partial charge in [0.1, 0.15) is 5.57 Å². The summed E-state index contributed by atoms with van der Waals surface area (Å²) in [5.74, 6) is -4.97. The van der Waals surface area contributed by atoms with Crippen molar-refractivity contribution in [1.29, 1.82) is 0 Å². The van der Waals surface area contributed by atoms with E-state index in [9.17, 15) is 18.4 Å². The van der Waals surface area contributed by atoms with Gasteiger partial charge in [-0.15, -0.1) is 0 Å². The molecule has 0 heterocycles. The molecule has 2 aliphatic rings. The molecule has 0 aromatic heterocycles. The van der Waals surface area contributed by atoms with Crippen LogP contribution in [-0.2, 0) is 4.79 Å². The lowest BCUT2D eigenvalue weighted by Crippen LogP contribution is -2.23. The summed E-state index contributed by atoms with van der Waals surface area (Å²) in [6.45, 7) is 0. The van der Waals surface area contributed by atoms with Crippen LogP contribution < -0.4 is 0 Å². The van der Waals surface area contributed by atoms with Gasteiger partial charge in [0, 0.05) is 11.5 Å². The van der Waals surface area contributed by atoms with Crippen LogP contribution >= 0.6 is 11.6 Å². The number of carboxylic acids is 1. The number of Topliss-reactive ketones (excluding diaryl/α,β-unsaturated/α-hetero) is 1. The number of allylic oxidation sites excluding steroid dienone is 1. The van der Waals surface area contributed by atoms with E-state index in [4.69, 9.17) is 16.7 Å². The van der Waals surface area contributed by atoms with Crippen molar-refractivity contribution >= 4 is 23.4 Å². The van der Waals surface area contributed by atoms with Crippen LogP contribution in [0.5, 0.6) is 0 Å². The quantitative estimate of drug-likeness (QED) is 0.673. The molecule has 6 heteroatoms. The molecule has 1 fully saturated rings. The average Bonchev–Trinajstić information content (AvgIpc) is 3.21. The fourth-order valence-corrected chi connectivity index (χ4v) is 2.92. The summed E-state index contributed by atoms with van der Waals surface area (Å²) in [4.78, 5) is 23.2. The van der Waals surface area contributed by atoms with Crippen molar-refractivity contribution in [1.82, 2.24) is 0 Å². The molecule has 1 saturated carbocycles. The number of ketones is 1. The lowest BCUT2D eigenvalue weighted by atomic mass is 9.80. The van der Waals surface area contributed by atoms with Gasteiger partial charge >= 0.3 is 5.97 Å². The van der Waals surface area contributed by atoms with Gasteiger partial charge in [-0.1, -0.05) is 17.7 Å². The number of carboxylic acid groups (broad SMARTS) is 1. The molecule has 0 saturated heterocycles. The van der Waals surface area contributed by atoms with Crippen LogP contribution in [0.2, 0.25) is 5.02 Å². The maximum Gasteiger partial charge on any atom is 0.339 e. The van der Waals surface area contributed by atoms with Gasteiger partial charge < -0.3 is 5.11 Å². The largest absolute Gasteiger partial charge is 0.478 e. The van der Waals surface area contributed by atoms with Crippen molar-refractivity contribution in [2.24, 2.45) is 5.92 Å². The first-order valence-electron chi connectivity index (χ1n) is 6.09. The molecule has 20 heavy (non-hydrogen) atoms. The molecule has 3 nitrogen and oxygen atoms in total. The standard InChI is InChI=1S/C14H9ClF2O3/c15-11-10-6(5-1-2-5)3-8(14(19)20)13(18)7(10)4-9(16)12(11)17/h3-6H,1-2H2,(H,19,20)/t6-/m0/s1. The second kappa shape index (κ2) is 4.38. The lowest BCUT2D eigenvalue weighted by molar-refractivity contribution is -0.132. The van der Waals surface area contributed by atoms with Gasteiger partial charge in [-0.3, -0.25) is 4.79 Å². The molecule has 1 N–H and O–H groups in total. The van der Waals surface area contributed by atoms with Gasteiger partial charge in [0.25, 0.3) is 0 Å². The molecule has 2 aliphatic carbocycles. The van der Waals surface area contributed by atoms with E-state index in [0.717, 1.165) is 18.9 Å². The molecule has 0 bridgehead atoms. The van der Waals surface area contributed by atoms with Gasteiger partial charge in [-0.05, 0) is 30.4 Å². The maximum absolute atomic E-state index is 13.6. The van der Waals surface area contributed by atoms with Crippen LogP contribution in [0.3, 0.4) is 0 Å². The van der Waals surface area contributed by atoms with Gasteiger partial charge in [-0.2, -0.15) is 0 Å². The van der Waals surface area contributed by atoms with Crippen molar-refractivity contribution in [3.63, 3.8) is 0 Å². The van der Waals surface area contributed by atoms with E-state index in [0.29, 0.717) is 0 Å². The summed E-state index contributed by atoms with van der Waals surface area (Å²) in [5, 5.41) is 8.63. The van der Waals surface area contributed by atoms with Crippen molar-refractivity contribution in [2.45, 2.75) is 18.8 Å². The Kier molecular flexibility index (Phi) is 2.90. The van der Waals surface area contributed by atoms with E-state index in [1.54, 1.807) is 0 Å². The molecule has 1 atom stereocenters. The fourth-order valence-electron chi connectivity index (χ4n) is 2.60. The second-order valence-corrected chi connectivity index (χ2v) is 5.40. The number of fused-ring (bicyclic) bond motifs is 1. The number of carbonyl (C=O) groups excluding carboxylic acids is 1.